The van der Waals surface area contributed by atoms with Crippen molar-refractivity contribution in [2.45, 2.75) is 45.2 Å². The predicted octanol–water partition coefficient (Wildman–Crippen LogP) is 1.41. The van der Waals surface area contributed by atoms with Gasteiger partial charge in [-0.3, -0.25) is 14.7 Å². The van der Waals surface area contributed by atoms with Gasteiger partial charge in [-0.05, 0) is 42.9 Å². The lowest BCUT2D eigenvalue weighted by molar-refractivity contribution is -0.123. The molecule has 0 spiro atoms. The second-order valence-electron chi connectivity index (χ2n) is 8.86. The van der Waals surface area contributed by atoms with Crippen LogP contribution < -0.4 is 20.7 Å². The molecule has 8 nitrogen and oxygen atoms in total. The molecule has 1 saturated heterocycles. The summed E-state index contributed by atoms with van der Waals surface area (Å²) >= 11 is 0. The van der Waals surface area contributed by atoms with Crippen LogP contribution in [-0.4, -0.2) is 81.9 Å². The van der Waals surface area contributed by atoms with Gasteiger partial charge in [-0.15, -0.1) is 0 Å². The zero-order valence-electron chi connectivity index (χ0n) is 19.7. The minimum atomic E-state index is -0.0482. The molecule has 1 aromatic rings. The highest BCUT2D eigenvalue weighted by atomic mass is 16.5. The van der Waals surface area contributed by atoms with Crippen LogP contribution in [0.25, 0.3) is 0 Å². The van der Waals surface area contributed by atoms with Crippen molar-refractivity contribution in [1.29, 1.82) is 0 Å². The number of benzene rings is 1. The average molecular weight is 446 g/mol. The molecule has 32 heavy (non-hydrogen) atoms. The molecule has 3 N–H and O–H groups in total. The molecule has 1 aliphatic heterocycles. The van der Waals surface area contributed by atoms with E-state index in [9.17, 15) is 4.79 Å². The van der Waals surface area contributed by atoms with Crippen molar-refractivity contribution >= 4 is 11.9 Å². The number of carbonyl (C=O) groups is 1. The minimum Gasteiger partial charge on any atom is -0.484 e. The third-order valence-electron chi connectivity index (χ3n) is 5.93. The number of guanidine groups is 1. The van der Waals surface area contributed by atoms with E-state index >= 15 is 0 Å². The third-order valence-corrected chi connectivity index (χ3v) is 5.93. The van der Waals surface area contributed by atoms with E-state index in [2.05, 4.69) is 39.7 Å². The van der Waals surface area contributed by atoms with Crippen molar-refractivity contribution < 1.29 is 14.3 Å². The van der Waals surface area contributed by atoms with E-state index in [1.54, 1.807) is 7.05 Å². The van der Waals surface area contributed by atoms with Crippen molar-refractivity contribution in [1.82, 2.24) is 20.9 Å². The first kappa shape index (κ1) is 24.3. The molecule has 0 radical (unpaired) electrons. The molecule has 1 saturated carbocycles. The van der Waals surface area contributed by atoms with Gasteiger partial charge >= 0.3 is 0 Å². The number of hydrogen-bond donors (Lipinski definition) is 3. The van der Waals surface area contributed by atoms with Gasteiger partial charge in [0.2, 0.25) is 0 Å². The van der Waals surface area contributed by atoms with E-state index in [-0.39, 0.29) is 12.5 Å². The van der Waals surface area contributed by atoms with Crippen LogP contribution in [0.3, 0.4) is 0 Å². The lowest BCUT2D eigenvalue weighted by Crippen LogP contribution is -2.52. The molecule has 1 aliphatic carbocycles. The maximum Gasteiger partial charge on any atom is 0.258 e. The molecule has 1 unspecified atom stereocenters. The van der Waals surface area contributed by atoms with Gasteiger partial charge in [0.15, 0.2) is 12.6 Å². The molecule has 8 heteroatoms. The number of hydrogen-bond acceptors (Lipinski definition) is 5. The highest BCUT2D eigenvalue weighted by Gasteiger charge is 2.24. The summed E-state index contributed by atoms with van der Waals surface area (Å²) < 4.78 is 11.1. The van der Waals surface area contributed by atoms with Crippen molar-refractivity contribution in [2.75, 3.05) is 53.0 Å². The number of nitrogens with one attached hydrogen (secondary N) is 3. The molecule has 1 amide bonds. The van der Waals surface area contributed by atoms with Gasteiger partial charge in [-0.1, -0.05) is 26.0 Å². The topological polar surface area (TPSA) is 87.2 Å². The first-order valence-corrected chi connectivity index (χ1v) is 11.8. The maximum absolute atomic E-state index is 11.7. The highest BCUT2D eigenvalue weighted by molar-refractivity contribution is 5.79. The van der Waals surface area contributed by atoms with Crippen LogP contribution >= 0.6 is 0 Å². The normalized spacial score (nSPS) is 18.3. The standard InChI is InChI=1S/C24H39N5O3/c1-18(2)22(29-12-14-31-15-13-29)16-27-24(25-3)26-11-10-19-4-8-21(9-5-19)32-17-23(30)28-20-6-7-20/h4-5,8-9,18,20,22H,6-7,10-17H2,1-3H3,(H,28,30)(H2,25,26,27). The Hall–Kier alpha value is -2.32. The smallest absolute Gasteiger partial charge is 0.258 e. The van der Waals surface area contributed by atoms with Crippen molar-refractivity contribution in [3.8, 4) is 5.75 Å². The second-order valence-corrected chi connectivity index (χ2v) is 8.86. The van der Waals surface area contributed by atoms with Crippen molar-refractivity contribution in [2.24, 2.45) is 10.9 Å². The number of nitrogens with zero attached hydrogens (tertiary/aromatic N) is 2. The Kier molecular flexibility index (Phi) is 9.62. The molecule has 178 valence electrons. The lowest BCUT2D eigenvalue weighted by atomic mass is 10.0. The highest BCUT2D eigenvalue weighted by Crippen LogP contribution is 2.18. The zero-order valence-corrected chi connectivity index (χ0v) is 19.7. The summed E-state index contributed by atoms with van der Waals surface area (Å²) in [6, 6.07) is 8.74. The van der Waals surface area contributed by atoms with Gasteiger partial charge < -0.3 is 25.4 Å². The molecule has 1 atom stereocenters. The second kappa shape index (κ2) is 12.6. The molecule has 3 rings (SSSR count). The number of amides is 1. The van der Waals surface area contributed by atoms with Crippen LogP contribution in [-0.2, 0) is 16.0 Å². The van der Waals surface area contributed by atoms with Gasteiger partial charge in [0, 0.05) is 45.3 Å². The molecule has 2 fully saturated rings. The molecule has 1 aromatic carbocycles. The fraction of sp³-hybridized carbons (Fsp3) is 0.667. The summed E-state index contributed by atoms with van der Waals surface area (Å²) in [5, 5.41) is 9.82. The molecule has 1 heterocycles. The molecular formula is C24H39N5O3. The maximum atomic E-state index is 11.7. The first-order chi connectivity index (χ1) is 15.5. The first-order valence-electron chi connectivity index (χ1n) is 11.8. The minimum absolute atomic E-state index is 0.0482. The van der Waals surface area contributed by atoms with Gasteiger partial charge in [0.1, 0.15) is 5.75 Å². The van der Waals surface area contributed by atoms with Crippen LogP contribution in [0.4, 0.5) is 0 Å². The summed E-state index contributed by atoms with van der Waals surface area (Å²) in [4.78, 5) is 18.6. The Morgan fingerprint density at radius 2 is 1.91 bits per heavy atom. The quantitative estimate of drug-likeness (QED) is 0.353. The number of rotatable bonds is 11. The molecule has 0 aromatic heterocycles. The number of ether oxygens (including phenoxy) is 2. The van der Waals surface area contributed by atoms with E-state index in [1.165, 1.54) is 5.56 Å². The summed E-state index contributed by atoms with van der Waals surface area (Å²) in [6.07, 6.45) is 3.04. The number of aliphatic imine (C=N–C) groups is 1. The Morgan fingerprint density at radius 1 is 1.19 bits per heavy atom. The van der Waals surface area contributed by atoms with Crippen molar-refractivity contribution in [3.63, 3.8) is 0 Å². The van der Waals surface area contributed by atoms with Crippen molar-refractivity contribution in [3.05, 3.63) is 29.8 Å². The van der Waals surface area contributed by atoms with E-state index < -0.39 is 0 Å². The summed E-state index contributed by atoms with van der Waals surface area (Å²) in [5.41, 5.74) is 1.20. The van der Waals surface area contributed by atoms with E-state index in [1.807, 2.05) is 24.3 Å². The molecular weight excluding hydrogens is 406 g/mol. The van der Waals surface area contributed by atoms with E-state index in [4.69, 9.17) is 9.47 Å². The molecule has 2 aliphatic rings. The van der Waals surface area contributed by atoms with E-state index in [0.29, 0.717) is 23.8 Å². The van der Waals surface area contributed by atoms with Crippen LogP contribution in [0.5, 0.6) is 5.75 Å². The summed E-state index contributed by atoms with van der Waals surface area (Å²) in [5.74, 6) is 2.05. The summed E-state index contributed by atoms with van der Waals surface area (Å²) in [6.45, 7) is 9.85. The monoisotopic (exact) mass is 445 g/mol. The van der Waals surface area contributed by atoms with E-state index in [0.717, 1.165) is 64.6 Å². The predicted molar refractivity (Wildman–Crippen MR) is 127 cm³/mol. The fourth-order valence-electron chi connectivity index (χ4n) is 3.84. The van der Waals surface area contributed by atoms with Crippen LogP contribution in [0.2, 0.25) is 0 Å². The van der Waals surface area contributed by atoms with Crippen LogP contribution in [0, 0.1) is 5.92 Å². The Bertz CT molecular complexity index is 728. The fourth-order valence-corrected chi connectivity index (χ4v) is 3.84. The van der Waals surface area contributed by atoms with Crippen LogP contribution in [0.1, 0.15) is 32.3 Å². The Morgan fingerprint density at radius 3 is 2.53 bits per heavy atom. The summed E-state index contributed by atoms with van der Waals surface area (Å²) in [7, 11) is 1.81. The third kappa shape index (κ3) is 8.31. The number of morpholine rings is 1. The van der Waals surface area contributed by atoms with Gasteiger partial charge in [-0.2, -0.15) is 0 Å². The average Bonchev–Trinajstić information content (AvgIpc) is 3.62. The molecule has 0 bridgehead atoms. The van der Waals surface area contributed by atoms with Gasteiger partial charge in [0.05, 0.1) is 13.2 Å². The van der Waals surface area contributed by atoms with Gasteiger partial charge in [0.25, 0.3) is 5.91 Å². The Balaban J connectivity index is 1.35. The number of carbonyl (C=O) groups excluding carboxylic acids is 1. The van der Waals surface area contributed by atoms with Gasteiger partial charge in [-0.25, -0.2) is 0 Å². The van der Waals surface area contributed by atoms with Crippen LogP contribution in [0.15, 0.2) is 29.3 Å². The Labute approximate surface area is 192 Å². The SMILES string of the molecule is CN=C(NCCc1ccc(OCC(=O)NC2CC2)cc1)NCC(C(C)C)N1CCOCC1. The largest absolute Gasteiger partial charge is 0.484 e. The zero-order chi connectivity index (χ0) is 22.8. The lowest BCUT2D eigenvalue weighted by Gasteiger charge is -2.37.